The Bertz CT molecular complexity index is 663. The highest BCUT2D eigenvalue weighted by Gasteiger charge is 2.36. The van der Waals surface area contributed by atoms with Crippen LogP contribution in [0.1, 0.15) is 22.3 Å². The number of aliphatic hydroxyl groups excluding tert-OH is 1. The maximum absolute atomic E-state index is 13.3. The number of carbonyl (C=O) groups excluding carboxylic acids is 1. The molecule has 4 nitrogen and oxygen atoms in total. The third kappa shape index (κ3) is 2.99. The van der Waals surface area contributed by atoms with Crippen LogP contribution in [0.5, 0.6) is 0 Å². The van der Waals surface area contributed by atoms with Crippen LogP contribution in [0.2, 0.25) is 0 Å². The van der Waals surface area contributed by atoms with Gasteiger partial charge in [0.15, 0.2) is 0 Å². The summed E-state index contributed by atoms with van der Waals surface area (Å²) in [6.45, 7) is 0.478. The molecule has 1 aliphatic heterocycles. The smallest absolute Gasteiger partial charge is 0.254 e. The Balaban J connectivity index is 1.81. The zero-order valence-corrected chi connectivity index (χ0v) is 12.0. The summed E-state index contributed by atoms with van der Waals surface area (Å²) >= 11 is 0. The van der Waals surface area contributed by atoms with Crippen LogP contribution in [0.25, 0.3) is 0 Å². The number of amides is 1. The predicted octanol–water partition coefficient (Wildman–Crippen LogP) is 2.04. The van der Waals surface area contributed by atoms with E-state index in [9.17, 15) is 14.3 Å². The maximum Gasteiger partial charge on any atom is 0.254 e. The predicted molar refractivity (Wildman–Crippen MR) is 79.8 cm³/mol. The number of rotatable bonds is 3. The van der Waals surface area contributed by atoms with E-state index in [1.807, 2.05) is 12.1 Å². The quantitative estimate of drug-likeness (QED) is 0.944. The van der Waals surface area contributed by atoms with Gasteiger partial charge >= 0.3 is 0 Å². The molecule has 22 heavy (non-hydrogen) atoms. The van der Waals surface area contributed by atoms with Crippen molar-refractivity contribution in [3.63, 3.8) is 0 Å². The fourth-order valence-corrected chi connectivity index (χ4v) is 2.88. The Morgan fingerprint density at radius 1 is 1.32 bits per heavy atom. The summed E-state index contributed by atoms with van der Waals surface area (Å²) in [5, 5.41) is 10.2. The number of halogens is 1. The second-order valence-corrected chi connectivity index (χ2v) is 5.49. The highest BCUT2D eigenvalue weighted by Crippen LogP contribution is 2.24. The van der Waals surface area contributed by atoms with Gasteiger partial charge in [-0.25, -0.2) is 4.39 Å². The van der Waals surface area contributed by atoms with Gasteiger partial charge in [-0.05, 0) is 48.7 Å². The average Bonchev–Trinajstić information content (AvgIpc) is 2.89. The summed E-state index contributed by atoms with van der Waals surface area (Å²) in [7, 11) is 0. The number of aromatic nitrogens is 1. The topological polar surface area (TPSA) is 53.4 Å². The second-order valence-electron chi connectivity index (χ2n) is 5.49. The standard InChI is InChI=1S/C17H17FN2O2/c18-14-3-1-2-13(11-14)17(22)20-9-6-16(21)15(20)10-12-4-7-19-8-5-12/h1-5,7-8,11,15-16,21H,6,9-10H2/t15-,16-/m0/s1. The van der Waals surface area contributed by atoms with Gasteiger partial charge < -0.3 is 10.0 Å². The summed E-state index contributed by atoms with van der Waals surface area (Å²) in [5.74, 6) is -0.675. The molecule has 1 saturated heterocycles. The van der Waals surface area contributed by atoms with Crippen molar-refractivity contribution < 1.29 is 14.3 Å². The fourth-order valence-electron chi connectivity index (χ4n) is 2.88. The summed E-state index contributed by atoms with van der Waals surface area (Å²) in [4.78, 5) is 18.2. The molecule has 0 unspecified atom stereocenters. The van der Waals surface area contributed by atoms with Crippen LogP contribution >= 0.6 is 0 Å². The van der Waals surface area contributed by atoms with E-state index in [0.29, 0.717) is 24.9 Å². The Kier molecular flexibility index (Phi) is 4.15. The van der Waals surface area contributed by atoms with Gasteiger partial charge in [0.1, 0.15) is 5.82 Å². The maximum atomic E-state index is 13.3. The first-order chi connectivity index (χ1) is 10.6. The van der Waals surface area contributed by atoms with Gasteiger partial charge in [-0.3, -0.25) is 9.78 Å². The molecule has 0 radical (unpaired) electrons. The molecule has 2 heterocycles. The monoisotopic (exact) mass is 300 g/mol. The minimum atomic E-state index is -0.564. The molecule has 1 aromatic carbocycles. The molecule has 2 aromatic rings. The molecular formula is C17H17FN2O2. The number of nitrogens with zero attached hydrogens (tertiary/aromatic N) is 2. The first-order valence-electron chi connectivity index (χ1n) is 7.28. The van der Waals surface area contributed by atoms with Crippen LogP contribution in [0.15, 0.2) is 48.8 Å². The molecule has 3 rings (SSSR count). The molecule has 0 aliphatic carbocycles. The number of hydrogen-bond acceptors (Lipinski definition) is 3. The van der Waals surface area contributed by atoms with E-state index in [4.69, 9.17) is 0 Å². The SMILES string of the molecule is O=C(c1cccc(F)c1)N1CC[C@H](O)[C@@H]1Cc1ccncc1. The van der Waals surface area contributed by atoms with Crippen molar-refractivity contribution in [3.8, 4) is 0 Å². The van der Waals surface area contributed by atoms with E-state index in [-0.39, 0.29) is 11.9 Å². The summed E-state index contributed by atoms with van der Waals surface area (Å²) in [5.41, 5.74) is 1.33. The van der Waals surface area contributed by atoms with Crippen LogP contribution in [0.3, 0.4) is 0 Å². The highest BCUT2D eigenvalue weighted by atomic mass is 19.1. The third-order valence-corrected chi connectivity index (χ3v) is 4.04. The number of likely N-dealkylation sites (tertiary alicyclic amines) is 1. The highest BCUT2D eigenvalue weighted by molar-refractivity contribution is 5.94. The molecule has 1 N–H and O–H groups in total. The van der Waals surface area contributed by atoms with Crippen molar-refractivity contribution in [3.05, 3.63) is 65.7 Å². The van der Waals surface area contributed by atoms with Gasteiger partial charge in [-0.1, -0.05) is 6.07 Å². The van der Waals surface area contributed by atoms with Crippen molar-refractivity contribution in [2.24, 2.45) is 0 Å². The lowest BCUT2D eigenvalue weighted by molar-refractivity contribution is 0.0639. The number of carbonyl (C=O) groups is 1. The molecule has 1 fully saturated rings. The van der Waals surface area contributed by atoms with Crippen LogP contribution < -0.4 is 0 Å². The van der Waals surface area contributed by atoms with Crippen LogP contribution in [-0.2, 0) is 6.42 Å². The molecule has 5 heteroatoms. The minimum absolute atomic E-state index is 0.241. The zero-order valence-electron chi connectivity index (χ0n) is 12.0. The number of benzene rings is 1. The molecule has 0 bridgehead atoms. The molecule has 1 amide bonds. The lowest BCUT2D eigenvalue weighted by Gasteiger charge is -2.26. The van der Waals surface area contributed by atoms with E-state index in [1.165, 1.54) is 18.2 Å². The summed E-state index contributed by atoms with van der Waals surface area (Å²) in [6.07, 6.45) is 3.91. The Hall–Kier alpha value is -2.27. The number of pyridine rings is 1. The van der Waals surface area contributed by atoms with Crippen LogP contribution in [-0.4, -0.2) is 39.6 Å². The van der Waals surface area contributed by atoms with Crippen LogP contribution in [0.4, 0.5) is 4.39 Å². The third-order valence-electron chi connectivity index (χ3n) is 4.04. The second kappa shape index (κ2) is 6.23. The molecule has 0 saturated carbocycles. The van der Waals surface area contributed by atoms with Crippen molar-refractivity contribution in [1.82, 2.24) is 9.88 Å². The molecule has 1 aromatic heterocycles. The first kappa shape index (κ1) is 14.7. The molecule has 114 valence electrons. The Labute approximate surface area is 128 Å². The van der Waals surface area contributed by atoms with E-state index in [0.717, 1.165) is 5.56 Å². The van der Waals surface area contributed by atoms with Crippen molar-refractivity contribution in [2.75, 3.05) is 6.54 Å². The normalized spacial score (nSPS) is 21.1. The fraction of sp³-hybridized carbons (Fsp3) is 0.294. The van der Waals surface area contributed by atoms with E-state index >= 15 is 0 Å². The van der Waals surface area contributed by atoms with E-state index < -0.39 is 11.9 Å². The van der Waals surface area contributed by atoms with Gasteiger partial charge in [0, 0.05) is 24.5 Å². The average molecular weight is 300 g/mol. The zero-order chi connectivity index (χ0) is 15.5. The molecule has 2 atom stereocenters. The van der Waals surface area contributed by atoms with Gasteiger partial charge in [0.2, 0.25) is 0 Å². The van der Waals surface area contributed by atoms with Gasteiger partial charge in [-0.15, -0.1) is 0 Å². The Morgan fingerprint density at radius 2 is 2.09 bits per heavy atom. The van der Waals surface area contributed by atoms with Crippen molar-refractivity contribution in [1.29, 1.82) is 0 Å². The van der Waals surface area contributed by atoms with Crippen molar-refractivity contribution >= 4 is 5.91 Å². The summed E-state index contributed by atoms with van der Waals surface area (Å²) in [6, 6.07) is 9.11. The number of hydrogen-bond donors (Lipinski definition) is 1. The van der Waals surface area contributed by atoms with Crippen molar-refractivity contribution in [2.45, 2.75) is 25.0 Å². The molecule has 0 spiro atoms. The van der Waals surface area contributed by atoms with Gasteiger partial charge in [0.05, 0.1) is 12.1 Å². The van der Waals surface area contributed by atoms with E-state index in [2.05, 4.69) is 4.98 Å². The number of aliphatic hydroxyl groups is 1. The van der Waals surface area contributed by atoms with Gasteiger partial charge in [-0.2, -0.15) is 0 Å². The lowest BCUT2D eigenvalue weighted by atomic mass is 10.0. The molecule has 1 aliphatic rings. The lowest BCUT2D eigenvalue weighted by Crippen LogP contribution is -2.41. The van der Waals surface area contributed by atoms with Gasteiger partial charge in [0.25, 0.3) is 5.91 Å². The largest absolute Gasteiger partial charge is 0.391 e. The minimum Gasteiger partial charge on any atom is -0.391 e. The first-order valence-corrected chi connectivity index (χ1v) is 7.28. The summed E-state index contributed by atoms with van der Waals surface area (Å²) < 4.78 is 13.3. The Morgan fingerprint density at radius 3 is 2.82 bits per heavy atom. The molecular weight excluding hydrogens is 283 g/mol. The van der Waals surface area contributed by atoms with Crippen LogP contribution in [0, 0.1) is 5.82 Å². The van der Waals surface area contributed by atoms with E-state index in [1.54, 1.807) is 23.4 Å².